The minimum absolute atomic E-state index is 0.0949. The van der Waals surface area contributed by atoms with Crippen LogP contribution in [-0.4, -0.2) is 42.2 Å². The summed E-state index contributed by atoms with van der Waals surface area (Å²) in [6, 6.07) is 13.5. The highest BCUT2D eigenvalue weighted by Crippen LogP contribution is 2.55. The number of hydrogen-bond acceptors (Lipinski definition) is 4. The predicted octanol–water partition coefficient (Wildman–Crippen LogP) is 3.79. The van der Waals surface area contributed by atoms with Crippen LogP contribution >= 0.6 is 11.8 Å². The first-order valence-electron chi connectivity index (χ1n) is 10.4. The second-order valence-corrected chi connectivity index (χ2v) is 9.50. The molecule has 3 aliphatic heterocycles. The van der Waals surface area contributed by atoms with Gasteiger partial charge >= 0.3 is 0 Å². The fourth-order valence-electron chi connectivity index (χ4n) is 4.69. The molecule has 0 aromatic heterocycles. The first kappa shape index (κ1) is 19.6. The van der Waals surface area contributed by atoms with Gasteiger partial charge in [0.15, 0.2) is 0 Å². The monoisotopic (exact) mass is 425 g/mol. The predicted molar refractivity (Wildman–Crippen MR) is 117 cm³/mol. The van der Waals surface area contributed by atoms with Gasteiger partial charge in [-0.3, -0.25) is 24.3 Å². The summed E-state index contributed by atoms with van der Waals surface area (Å²) in [5.41, 5.74) is 2.24. The Kier molecular flexibility index (Phi) is 4.82. The Labute approximate surface area is 179 Å². The van der Waals surface area contributed by atoms with E-state index in [1.807, 2.05) is 29.2 Å². The van der Waals surface area contributed by atoms with E-state index in [1.54, 1.807) is 17.0 Å². The van der Waals surface area contributed by atoms with Gasteiger partial charge in [-0.25, -0.2) is 4.39 Å². The zero-order valence-electron chi connectivity index (χ0n) is 16.9. The number of likely N-dealkylation sites (tertiary alicyclic amines) is 1. The number of amides is 2. The van der Waals surface area contributed by atoms with Crippen LogP contribution in [0, 0.1) is 11.7 Å². The SMILES string of the molecule is CC1CCN(CN2C(=O)C3(SCC(=O)N3c3ccc(F)cc3)c3ccccc32)CC1. The molecular weight excluding hydrogens is 401 g/mol. The van der Waals surface area contributed by atoms with Gasteiger partial charge in [-0.15, -0.1) is 11.8 Å². The summed E-state index contributed by atoms with van der Waals surface area (Å²) in [5.74, 6) is 0.329. The zero-order chi connectivity index (χ0) is 20.9. The Morgan fingerprint density at radius 2 is 1.77 bits per heavy atom. The van der Waals surface area contributed by atoms with Gasteiger partial charge in [0.2, 0.25) is 10.8 Å². The Morgan fingerprint density at radius 1 is 1.07 bits per heavy atom. The Hall–Kier alpha value is -2.38. The molecule has 30 heavy (non-hydrogen) atoms. The quantitative estimate of drug-likeness (QED) is 0.751. The largest absolute Gasteiger partial charge is 0.295 e. The fourth-order valence-corrected chi connectivity index (χ4v) is 6.05. The van der Waals surface area contributed by atoms with Crippen molar-refractivity contribution in [2.45, 2.75) is 24.6 Å². The number of benzene rings is 2. The third-order valence-electron chi connectivity index (χ3n) is 6.37. The average molecular weight is 426 g/mol. The first-order chi connectivity index (χ1) is 14.5. The van der Waals surface area contributed by atoms with E-state index in [0.717, 1.165) is 37.2 Å². The lowest BCUT2D eigenvalue weighted by Gasteiger charge is -2.35. The van der Waals surface area contributed by atoms with Crippen molar-refractivity contribution in [2.24, 2.45) is 5.92 Å². The minimum Gasteiger partial charge on any atom is -0.295 e. The van der Waals surface area contributed by atoms with Crippen molar-refractivity contribution >= 4 is 35.0 Å². The van der Waals surface area contributed by atoms with Gasteiger partial charge in [0, 0.05) is 24.3 Å². The molecule has 2 aromatic rings. The third kappa shape index (κ3) is 2.94. The van der Waals surface area contributed by atoms with Crippen LogP contribution < -0.4 is 9.80 Å². The number of fused-ring (bicyclic) bond motifs is 2. The van der Waals surface area contributed by atoms with Crippen molar-refractivity contribution in [1.82, 2.24) is 4.90 Å². The van der Waals surface area contributed by atoms with Crippen LogP contribution in [0.3, 0.4) is 0 Å². The van der Waals surface area contributed by atoms with E-state index in [4.69, 9.17) is 0 Å². The number of para-hydroxylation sites is 1. The number of nitrogens with zero attached hydrogens (tertiary/aromatic N) is 3. The number of carbonyl (C=O) groups excluding carboxylic acids is 2. The molecule has 0 aliphatic carbocycles. The van der Waals surface area contributed by atoms with E-state index >= 15 is 0 Å². The standard InChI is InChI=1S/C23H24FN3O2S/c1-16-10-12-25(13-11-16)15-26-20-5-3-2-4-19(20)23(22(26)29)27(21(28)14-30-23)18-8-6-17(24)7-9-18/h2-9,16H,10-15H2,1H3. The normalized spacial score (nSPS) is 24.9. The van der Waals surface area contributed by atoms with E-state index in [-0.39, 0.29) is 23.4 Å². The molecule has 0 saturated carbocycles. The molecule has 0 N–H and O–H groups in total. The molecule has 5 rings (SSSR count). The fraction of sp³-hybridized carbons (Fsp3) is 0.391. The van der Waals surface area contributed by atoms with Gasteiger partial charge in [-0.05, 0) is 49.1 Å². The molecule has 7 heteroatoms. The van der Waals surface area contributed by atoms with Crippen LogP contribution in [0.4, 0.5) is 15.8 Å². The number of halogens is 1. The molecule has 3 aliphatic rings. The smallest absolute Gasteiger partial charge is 0.269 e. The number of piperidine rings is 1. The van der Waals surface area contributed by atoms with Gasteiger partial charge in [0.1, 0.15) is 5.82 Å². The van der Waals surface area contributed by atoms with Crippen LogP contribution in [0.15, 0.2) is 48.5 Å². The van der Waals surface area contributed by atoms with Gasteiger partial charge in [0.05, 0.1) is 18.1 Å². The van der Waals surface area contributed by atoms with Gasteiger partial charge in [-0.1, -0.05) is 25.1 Å². The summed E-state index contributed by atoms with van der Waals surface area (Å²) < 4.78 is 13.5. The maximum atomic E-state index is 13.9. The second kappa shape index (κ2) is 7.39. The number of thioether (sulfide) groups is 1. The Bertz CT molecular complexity index is 990. The van der Waals surface area contributed by atoms with Gasteiger partial charge in [0.25, 0.3) is 5.91 Å². The molecule has 5 nitrogen and oxygen atoms in total. The lowest BCUT2D eigenvalue weighted by Crippen LogP contribution is -2.52. The lowest BCUT2D eigenvalue weighted by atomic mass is 10.00. The van der Waals surface area contributed by atoms with Crippen molar-refractivity contribution in [3.05, 3.63) is 59.9 Å². The molecule has 1 unspecified atom stereocenters. The van der Waals surface area contributed by atoms with Crippen molar-refractivity contribution in [1.29, 1.82) is 0 Å². The van der Waals surface area contributed by atoms with E-state index in [2.05, 4.69) is 11.8 Å². The van der Waals surface area contributed by atoms with Crippen molar-refractivity contribution < 1.29 is 14.0 Å². The summed E-state index contributed by atoms with van der Waals surface area (Å²) in [7, 11) is 0. The molecule has 2 aromatic carbocycles. The number of anilines is 2. The zero-order valence-corrected chi connectivity index (χ0v) is 17.7. The minimum atomic E-state index is -1.13. The highest BCUT2D eigenvalue weighted by Gasteiger charge is 2.61. The molecule has 2 amide bonds. The van der Waals surface area contributed by atoms with E-state index in [0.29, 0.717) is 18.3 Å². The van der Waals surface area contributed by atoms with Gasteiger partial charge < -0.3 is 0 Å². The maximum absolute atomic E-state index is 13.9. The van der Waals surface area contributed by atoms with Crippen LogP contribution in [-0.2, 0) is 14.5 Å². The molecule has 2 fully saturated rings. The summed E-state index contributed by atoms with van der Waals surface area (Å²) in [6.07, 6.45) is 2.26. The third-order valence-corrected chi connectivity index (χ3v) is 7.75. The lowest BCUT2D eigenvalue weighted by molar-refractivity contribution is -0.124. The summed E-state index contributed by atoms with van der Waals surface area (Å²) in [4.78, 5) is 31.4. The second-order valence-electron chi connectivity index (χ2n) is 8.33. The molecule has 1 spiro atoms. The molecule has 0 radical (unpaired) electrons. The molecule has 156 valence electrons. The van der Waals surface area contributed by atoms with Crippen LogP contribution in [0.25, 0.3) is 0 Å². The Balaban J connectivity index is 1.55. The van der Waals surface area contributed by atoms with E-state index < -0.39 is 4.87 Å². The van der Waals surface area contributed by atoms with Crippen LogP contribution in [0.1, 0.15) is 25.3 Å². The van der Waals surface area contributed by atoms with Gasteiger partial charge in [-0.2, -0.15) is 0 Å². The molecular formula is C23H24FN3O2S. The van der Waals surface area contributed by atoms with Crippen molar-refractivity contribution in [2.75, 3.05) is 35.3 Å². The van der Waals surface area contributed by atoms with E-state index in [1.165, 1.54) is 23.9 Å². The number of hydrogen-bond donors (Lipinski definition) is 0. The average Bonchev–Trinajstić information content (AvgIpc) is 3.22. The first-order valence-corrected chi connectivity index (χ1v) is 11.4. The number of rotatable bonds is 3. The number of carbonyl (C=O) groups is 2. The van der Waals surface area contributed by atoms with Crippen LogP contribution in [0.5, 0.6) is 0 Å². The Morgan fingerprint density at radius 3 is 2.50 bits per heavy atom. The molecule has 3 heterocycles. The molecule has 1 atom stereocenters. The van der Waals surface area contributed by atoms with Crippen molar-refractivity contribution in [3.63, 3.8) is 0 Å². The van der Waals surface area contributed by atoms with E-state index in [9.17, 15) is 14.0 Å². The highest BCUT2D eigenvalue weighted by atomic mass is 32.2. The van der Waals surface area contributed by atoms with Crippen molar-refractivity contribution in [3.8, 4) is 0 Å². The summed E-state index contributed by atoms with van der Waals surface area (Å²) >= 11 is 1.36. The molecule has 0 bridgehead atoms. The maximum Gasteiger partial charge on any atom is 0.269 e. The summed E-state index contributed by atoms with van der Waals surface area (Å²) in [6.45, 7) is 4.72. The van der Waals surface area contributed by atoms with Crippen LogP contribution in [0.2, 0.25) is 0 Å². The molecule has 2 saturated heterocycles. The summed E-state index contributed by atoms with van der Waals surface area (Å²) in [5, 5.41) is 0. The topological polar surface area (TPSA) is 43.9 Å². The highest BCUT2D eigenvalue weighted by molar-refractivity contribution is 8.02.